The molecule has 0 spiro atoms. The largest absolute Gasteiger partial charge is 0.394 e. The van der Waals surface area contributed by atoms with E-state index < -0.39 is 10.2 Å². The fourth-order valence-electron chi connectivity index (χ4n) is 0.745. The van der Waals surface area contributed by atoms with Crippen LogP contribution in [0.5, 0.6) is 0 Å². The van der Waals surface area contributed by atoms with Crippen LogP contribution < -0.4 is 5.32 Å². The maximum absolute atomic E-state index is 10.8. The molecule has 0 saturated carbocycles. The Morgan fingerprint density at radius 2 is 2.30 bits per heavy atom. The number of carbonyl (C=O) groups excluding carboxylic acids is 2. The average Bonchev–Trinajstić information content (AvgIpc) is 2.09. The van der Waals surface area contributed by atoms with E-state index in [4.69, 9.17) is 5.11 Å². The fourth-order valence-corrected chi connectivity index (χ4v) is 1.10. The Bertz CT molecular complexity index is 193. The third-order valence-corrected chi connectivity index (χ3v) is 2.24. The van der Waals surface area contributed by atoms with Crippen molar-refractivity contribution in [2.24, 2.45) is 0 Å². The Balaban J connectivity index is 2.80. The standard InChI is InChI=1S/C5H6BrNO3/c6-5(2-8)1-3(9)7-4(5)10/h8H,1-2H2,(H,7,9,10). The number of carbonyl (C=O) groups is 2. The summed E-state index contributed by atoms with van der Waals surface area (Å²) in [5, 5.41) is 10.7. The fraction of sp³-hybridized carbons (Fsp3) is 0.600. The molecule has 4 nitrogen and oxygen atoms in total. The highest BCUT2D eigenvalue weighted by Gasteiger charge is 2.43. The summed E-state index contributed by atoms with van der Waals surface area (Å²) in [6.07, 6.45) is 0.0162. The topological polar surface area (TPSA) is 66.4 Å². The minimum absolute atomic E-state index is 0.0162. The van der Waals surface area contributed by atoms with Crippen molar-refractivity contribution < 1.29 is 14.7 Å². The molecule has 56 valence electrons. The molecule has 2 N–H and O–H groups in total. The number of rotatable bonds is 1. The summed E-state index contributed by atoms with van der Waals surface area (Å²) in [6, 6.07) is 0. The van der Waals surface area contributed by atoms with Crippen molar-refractivity contribution >= 4 is 27.7 Å². The highest BCUT2D eigenvalue weighted by atomic mass is 79.9. The zero-order valence-electron chi connectivity index (χ0n) is 5.06. The van der Waals surface area contributed by atoms with Crippen molar-refractivity contribution in [1.29, 1.82) is 0 Å². The van der Waals surface area contributed by atoms with Crippen LogP contribution in [0.15, 0.2) is 0 Å². The Morgan fingerprint density at radius 1 is 1.70 bits per heavy atom. The molecule has 5 heteroatoms. The molecule has 1 unspecified atom stereocenters. The smallest absolute Gasteiger partial charge is 0.246 e. The lowest BCUT2D eigenvalue weighted by atomic mass is 10.1. The number of aliphatic hydroxyl groups is 1. The predicted octanol–water partition coefficient (Wildman–Crippen LogP) is -0.841. The summed E-state index contributed by atoms with van der Waals surface area (Å²) in [5.41, 5.74) is 0. The number of alkyl halides is 1. The molecule has 0 aliphatic carbocycles. The second-order valence-electron chi connectivity index (χ2n) is 2.18. The number of hydrogen-bond acceptors (Lipinski definition) is 3. The Morgan fingerprint density at radius 3 is 2.50 bits per heavy atom. The number of nitrogens with one attached hydrogen (secondary N) is 1. The van der Waals surface area contributed by atoms with E-state index in [0.29, 0.717) is 0 Å². The molecule has 0 aromatic rings. The van der Waals surface area contributed by atoms with Gasteiger partial charge in [-0.3, -0.25) is 14.9 Å². The summed E-state index contributed by atoms with van der Waals surface area (Å²) in [7, 11) is 0. The van der Waals surface area contributed by atoms with Gasteiger partial charge in [-0.05, 0) is 0 Å². The van der Waals surface area contributed by atoms with Crippen molar-refractivity contribution in [3.05, 3.63) is 0 Å². The Labute approximate surface area is 65.7 Å². The molecule has 2 amide bonds. The van der Waals surface area contributed by atoms with Gasteiger partial charge in [-0.15, -0.1) is 0 Å². The highest BCUT2D eigenvalue weighted by Crippen LogP contribution is 2.26. The highest BCUT2D eigenvalue weighted by molar-refractivity contribution is 9.10. The number of amides is 2. The average molecular weight is 208 g/mol. The Kier molecular flexibility index (Phi) is 1.78. The van der Waals surface area contributed by atoms with E-state index in [1.165, 1.54) is 0 Å². The van der Waals surface area contributed by atoms with E-state index >= 15 is 0 Å². The molecule has 1 fully saturated rings. The minimum Gasteiger partial charge on any atom is -0.394 e. The maximum atomic E-state index is 10.8. The molecule has 1 saturated heterocycles. The van der Waals surface area contributed by atoms with E-state index in [1.807, 2.05) is 0 Å². The zero-order valence-corrected chi connectivity index (χ0v) is 6.64. The van der Waals surface area contributed by atoms with Crippen LogP contribution in [0.4, 0.5) is 0 Å². The van der Waals surface area contributed by atoms with Gasteiger partial charge in [0, 0.05) is 0 Å². The van der Waals surface area contributed by atoms with Gasteiger partial charge in [0.1, 0.15) is 4.32 Å². The van der Waals surface area contributed by atoms with Gasteiger partial charge < -0.3 is 5.11 Å². The van der Waals surface area contributed by atoms with Crippen LogP contribution >= 0.6 is 15.9 Å². The third-order valence-electron chi connectivity index (χ3n) is 1.35. The summed E-state index contributed by atoms with van der Waals surface area (Å²) < 4.78 is -1.07. The van der Waals surface area contributed by atoms with Crippen LogP contribution in [0, 0.1) is 0 Å². The number of aliphatic hydroxyl groups excluding tert-OH is 1. The van der Waals surface area contributed by atoms with Gasteiger partial charge in [0.2, 0.25) is 11.8 Å². The molecule has 1 rings (SSSR count). The normalized spacial score (nSPS) is 32.6. The van der Waals surface area contributed by atoms with E-state index in [1.54, 1.807) is 0 Å². The first kappa shape index (κ1) is 7.68. The summed E-state index contributed by atoms with van der Waals surface area (Å²) in [4.78, 5) is 21.4. The van der Waals surface area contributed by atoms with Gasteiger partial charge >= 0.3 is 0 Å². The minimum atomic E-state index is -1.07. The van der Waals surface area contributed by atoms with Crippen LogP contribution in [0.3, 0.4) is 0 Å². The van der Waals surface area contributed by atoms with Crippen molar-refractivity contribution in [2.45, 2.75) is 10.7 Å². The van der Waals surface area contributed by atoms with E-state index in [2.05, 4.69) is 21.2 Å². The van der Waals surface area contributed by atoms with Crippen LogP contribution in [-0.2, 0) is 9.59 Å². The lowest BCUT2D eigenvalue weighted by molar-refractivity contribution is -0.125. The lowest BCUT2D eigenvalue weighted by Gasteiger charge is -2.11. The van der Waals surface area contributed by atoms with Crippen LogP contribution in [0.25, 0.3) is 0 Å². The zero-order chi connectivity index (χ0) is 7.78. The van der Waals surface area contributed by atoms with Crippen molar-refractivity contribution in [3.8, 4) is 0 Å². The van der Waals surface area contributed by atoms with Crippen LogP contribution in [0.2, 0.25) is 0 Å². The molecule has 10 heavy (non-hydrogen) atoms. The molecule has 0 radical (unpaired) electrons. The summed E-state index contributed by atoms with van der Waals surface area (Å²) >= 11 is 2.97. The molecule has 0 aromatic carbocycles. The summed E-state index contributed by atoms with van der Waals surface area (Å²) in [6.45, 7) is -0.357. The van der Waals surface area contributed by atoms with Crippen molar-refractivity contribution in [1.82, 2.24) is 5.32 Å². The third kappa shape index (κ3) is 1.06. The molecule has 1 heterocycles. The Hall–Kier alpha value is -0.420. The van der Waals surface area contributed by atoms with Gasteiger partial charge in [-0.25, -0.2) is 0 Å². The van der Waals surface area contributed by atoms with Gasteiger partial charge in [0.15, 0.2) is 0 Å². The molecule has 1 aliphatic rings. The number of imide groups is 1. The monoisotopic (exact) mass is 207 g/mol. The van der Waals surface area contributed by atoms with E-state index in [-0.39, 0.29) is 18.9 Å². The quantitative estimate of drug-likeness (QED) is 0.436. The van der Waals surface area contributed by atoms with E-state index in [9.17, 15) is 9.59 Å². The first-order chi connectivity index (χ1) is 4.58. The first-order valence-electron chi connectivity index (χ1n) is 2.72. The molecule has 1 aliphatic heterocycles. The SMILES string of the molecule is O=C1CC(Br)(CO)C(=O)N1. The lowest BCUT2D eigenvalue weighted by Crippen LogP contribution is -2.35. The number of halogens is 1. The van der Waals surface area contributed by atoms with E-state index in [0.717, 1.165) is 0 Å². The van der Waals surface area contributed by atoms with Gasteiger partial charge in [-0.2, -0.15) is 0 Å². The predicted molar refractivity (Wildman–Crippen MR) is 36.5 cm³/mol. The first-order valence-corrected chi connectivity index (χ1v) is 3.52. The van der Waals surface area contributed by atoms with Crippen molar-refractivity contribution in [3.63, 3.8) is 0 Å². The van der Waals surface area contributed by atoms with Gasteiger partial charge in [0.05, 0.1) is 13.0 Å². The molecule has 0 bridgehead atoms. The van der Waals surface area contributed by atoms with Gasteiger partial charge in [0.25, 0.3) is 0 Å². The maximum Gasteiger partial charge on any atom is 0.246 e. The second-order valence-corrected chi connectivity index (χ2v) is 3.70. The number of hydrogen-bond donors (Lipinski definition) is 2. The molecular weight excluding hydrogens is 202 g/mol. The molecule has 1 atom stereocenters. The molecular formula is C5H6BrNO3. The molecule has 0 aromatic heterocycles. The summed E-state index contributed by atoms with van der Waals surface area (Å²) in [5.74, 6) is -0.809. The van der Waals surface area contributed by atoms with Crippen LogP contribution in [0.1, 0.15) is 6.42 Å². The van der Waals surface area contributed by atoms with Crippen LogP contribution in [-0.4, -0.2) is 27.9 Å². The second kappa shape index (κ2) is 2.32. The van der Waals surface area contributed by atoms with Crippen molar-refractivity contribution in [2.75, 3.05) is 6.61 Å². The van der Waals surface area contributed by atoms with Gasteiger partial charge in [-0.1, -0.05) is 15.9 Å².